The average molecular weight is 323 g/mol. The largest absolute Gasteiger partial charge is 0.359 e. The molecule has 0 aliphatic heterocycles. The van der Waals surface area contributed by atoms with Crippen LogP contribution in [0.25, 0.3) is 0 Å². The van der Waals surface area contributed by atoms with Gasteiger partial charge in [0.1, 0.15) is 6.54 Å². The monoisotopic (exact) mass is 323 g/mol. The highest BCUT2D eigenvalue weighted by Gasteiger charge is 2.09. The predicted molar refractivity (Wildman–Crippen MR) is 91.3 cm³/mol. The number of carbonyl (C=O) groups is 1. The van der Waals surface area contributed by atoms with Crippen molar-refractivity contribution in [1.29, 1.82) is 0 Å². The Labute approximate surface area is 138 Å². The number of guanidine groups is 1. The molecule has 2 N–H and O–H groups in total. The highest BCUT2D eigenvalue weighted by atomic mass is 16.5. The Hall–Kier alpha value is -2.05. The lowest BCUT2D eigenvalue weighted by atomic mass is 10.1. The maximum absolute atomic E-state index is 11.7. The average Bonchev–Trinajstić information content (AvgIpc) is 2.98. The summed E-state index contributed by atoms with van der Waals surface area (Å²) in [5.74, 6) is 1.65. The molecule has 1 aromatic rings. The molecule has 0 radical (unpaired) electrons. The highest BCUT2D eigenvalue weighted by molar-refractivity contribution is 5.84. The summed E-state index contributed by atoms with van der Waals surface area (Å²) in [6.45, 7) is 7.67. The molecule has 23 heavy (non-hydrogen) atoms. The zero-order valence-electron chi connectivity index (χ0n) is 14.8. The normalized spacial score (nSPS) is 11.7. The van der Waals surface area contributed by atoms with Gasteiger partial charge in [0.2, 0.25) is 5.91 Å². The fourth-order valence-corrected chi connectivity index (χ4v) is 1.70. The van der Waals surface area contributed by atoms with Crippen LogP contribution in [-0.4, -0.2) is 49.1 Å². The SMILES string of the molecule is CCCCNC(=NCC(=O)N(C)C)NCc1cc(C(C)C)no1. The van der Waals surface area contributed by atoms with Crippen molar-refractivity contribution in [3.63, 3.8) is 0 Å². The smallest absolute Gasteiger partial charge is 0.243 e. The van der Waals surface area contributed by atoms with Crippen LogP contribution in [-0.2, 0) is 11.3 Å². The number of unbranched alkanes of at least 4 members (excludes halogenated alkanes) is 1. The van der Waals surface area contributed by atoms with Crippen molar-refractivity contribution in [1.82, 2.24) is 20.7 Å². The summed E-state index contributed by atoms with van der Waals surface area (Å²) in [6.07, 6.45) is 2.14. The number of aliphatic imine (C=N–C) groups is 1. The third-order valence-corrected chi connectivity index (χ3v) is 3.29. The number of rotatable bonds is 8. The van der Waals surface area contributed by atoms with Crippen LogP contribution in [0.5, 0.6) is 0 Å². The predicted octanol–water partition coefficient (Wildman–Crippen LogP) is 1.72. The Bertz CT molecular complexity index is 508. The van der Waals surface area contributed by atoms with Gasteiger partial charge in [-0.15, -0.1) is 0 Å². The fourth-order valence-electron chi connectivity index (χ4n) is 1.70. The molecule has 130 valence electrons. The molecule has 0 aliphatic carbocycles. The van der Waals surface area contributed by atoms with Crippen LogP contribution >= 0.6 is 0 Å². The Balaban J connectivity index is 2.59. The molecule has 0 spiro atoms. The Morgan fingerprint density at radius 3 is 2.70 bits per heavy atom. The zero-order chi connectivity index (χ0) is 17.2. The summed E-state index contributed by atoms with van der Waals surface area (Å²) >= 11 is 0. The summed E-state index contributed by atoms with van der Waals surface area (Å²) < 4.78 is 5.30. The molecule has 0 saturated heterocycles. The van der Waals surface area contributed by atoms with Crippen molar-refractivity contribution >= 4 is 11.9 Å². The van der Waals surface area contributed by atoms with Gasteiger partial charge < -0.3 is 20.1 Å². The number of hydrogen-bond donors (Lipinski definition) is 2. The first-order chi connectivity index (χ1) is 10.9. The molecule has 7 nitrogen and oxygen atoms in total. The summed E-state index contributed by atoms with van der Waals surface area (Å²) in [7, 11) is 3.44. The van der Waals surface area contributed by atoms with Crippen LogP contribution in [0.4, 0.5) is 0 Å². The molecule has 0 fully saturated rings. The van der Waals surface area contributed by atoms with E-state index in [1.165, 1.54) is 4.90 Å². The number of nitrogens with one attached hydrogen (secondary N) is 2. The molecule has 0 atom stereocenters. The van der Waals surface area contributed by atoms with Gasteiger partial charge in [0.05, 0.1) is 12.2 Å². The number of aromatic nitrogens is 1. The first kappa shape index (κ1) is 19.0. The summed E-state index contributed by atoms with van der Waals surface area (Å²) in [5, 5.41) is 10.4. The molecule has 0 unspecified atom stereocenters. The minimum atomic E-state index is -0.0386. The standard InChI is InChI=1S/C16H29N5O2/c1-6-7-8-17-16(19-11-15(22)21(4)5)18-10-13-9-14(12(2)3)20-23-13/h9,12H,6-8,10-11H2,1-5H3,(H2,17,18,19). The molecule has 0 saturated carbocycles. The molecule has 0 aromatic carbocycles. The lowest BCUT2D eigenvalue weighted by Crippen LogP contribution is -2.38. The zero-order valence-corrected chi connectivity index (χ0v) is 14.8. The van der Waals surface area contributed by atoms with Gasteiger partial charge >= 0.3 is 0 Å². The molecule has 0 aliphatic rings. The second-order valence-electron chi connectivity index (χ2n) is 5.96. The lowest BCUT2D eigenvalue weighted by molar-refractivity contribution is -0.127. The molecular weight excluding hydrogens is 294 g/mol. The van der Waals surface area contributed by atoms with Crippen molar-refractivity contribution in [2.45, 2.75) is 46.1 Å². The lowest BCUT2D eigenvalue weighted by Gasteiger charge is -2.12. The van der Waals surface area contributed by atoms with Crippen LogP contribution in [0.1, 0.15) is 51.0 Å². The summed E-state index contributed by atoms with van der Waals surface area (Å²) in [4.78, 5) is 17.5. The highest BCUT2D eigenvalue weighted by Crippen LogP contribution is 2.13. The van der Waals surface area contributed by atoms with Gasteiger partial charge in [0, 0.05) is 26.7 Å². The van der Waals surface area contributed by atoms with E-state index in [4.69, 9.17) is 4.52 Å². The minimum Gasteiger partial charge on any atom is -0.359 e. The van der Waals surface area contributed by atoms with Gasteiger partial charge in [-0.1, -0.05) is 32.3 Å². The fraction of sp³-hybridized carbons (Fsp3) is 0.688. The maximum atomic E-state index is 11.7. The van der Waals surface area contributed by atoms with E-state index < -0.39 is 0 Å². The van der Waals surface area contributed by atoms with E-state index in [1.807, 2.05) is 6.07 Å². The van der Waals surface area contributed by atoms with Crippen molar-refractivity contribution < 1.29 is 9.32 Å². The van der Waals surface area contributed by atoms with E-state index in [9.17, 15) is 4.79 Å². The van der Waals surface area contributed by atoms with Crippen molar-refractivity contribution in [2.75, 3.05) is 27.2 Å². The van der Waals surface area contributed by atoms with E-state index >= 15 is 0 Å². The number of carbonyl (C=O) groups excluding carboxylic acids is 1. The molecule has 7 heteroatoms. The molecular formula is C16H29N5O2. The number of nitrogens with zero attached hydrogens (tertiary/aromatic N) is 3. The topological polar surface area (TPSA) is 82.8 Å². The Morgan fingerprint density at radius 1 is 1.39 bits per heavy atom. The minimum absolute atomic E-state index is 0.0386. The summed E-state index contributed by atoms with van der Waals surface area (Å²) in [6, 6.07) is 1.94. The van der Waals surface area contributed by atoms with E-state index in [0.29, 0.717) is 18.4 Å². The van der Waals surface area contributed by atoms with E-state index in [1.54, 1.807) is 14.1 Å². The number of likely N-dealkylation sites (N-methyl/N-ethyl adjacent to an activating group) is 1. The second-order valence-corrected chi connectivity index (χ2v) is 5.96. The van der Waals surface area contributed by atoms with Gasteiger partial charge in [0.25, 0.3) is 0 Å². The third kappa shape index (κ3) is 7.17. The number of hydrogen-bond acceptors (Lipinski definition) is 4. The van der Waals surface area contributed by atoms with E-state index in [2.05, 4.69) is 41.6 Å². The van der Waals surface area contributed by atoms with Crippen LogP contribution in [0.2, 0.25) is 0 Å². The van der Waals surface area contributed by atoms with Gasteiger partial charge in [-0.25, -0.2) is 4.99 Å². The Morgan fingerprint density at radius 2 is 2.13 bits per heavy atom. The third-order valence-electron chi connectivity index (χ3n) is 3.29. The van der Waals surface area contributed by atoms with Crippen molar-refractivity contribution in [2.24, 2.45) is 4.99 Å². The summed E-state index contributed by atoms with van der Waals surface area (Å²) in [5.41, 5.74) is 0.932. The molecule has 1 rings (SSSR count). The molecule has 1 aromatic heterocycles. The van der Waals surface area contributed by atoms with Crippen molar-refractivity contribution in [3.05, 3.63) is 17.5 Å². The first-order valence-electron chi connectivity index (χ1n) is 8.11. The maximum Gasteiger partial charge on any atom is 0.243 e. The van der Waals surface area contributed by atoms with Gasteiger partial charge in [-0.05, 0) is 12.3 Å². The first-order valence-corrected chi connectivity index (χ1v) is 8.11. The quantitative estimate of drug-likeness (QED) is 0.432. The van der Waals surface area contributed by atoms with Crippen LogP contribution in [0, 0.1) is 0 Å². The van der Waals surface area contributed by atoms with E-state index in [0.717, 1.165) is 30.8 Å². The Kier molecular flexibility index (Phi) is 8.15. The molecule has 1 heterocycles. The number of amides is 1. The van der Waals surface area contributed by atoms with E-state index in [-0.39, 0.29) is 12.5 Å². The van der Waals surface area contributed by atoms with Gasteiger partial charge in [-0.2, -0.15) is 0 Å². The van der Waals surface area contributed by atoms with Gasteiger partial charge in [-0.3, -0.25) is 4.79 Å². The van der Waals surface area contributed by atoms with Crippen LogP contribution < -0.4 is 10.6 Å². The molecule has 1 amide bonds. The molecule has 0 bridgehead atoms. The van der Waals surface area contributed by atoms with Crippen LogP contribution in [0.15, 0.2) is 15.6 Å². The van der Waals surface area contributed by atoms with Crippen LogP contribution in [0.3, 0.4) is 0 Å². The second kappa shape index (κ2) is 9.86. The van der Waals surface area contributed by atoms with Gasteiger partial charge in [0.15, 0.2) is 11.7 Å². The van der Waals surface area contributed by atoms with Crippen molar-refractivity contribution in [3.8, 4) is 0 Å².